The largest absolute Gasteiger partial charge is 0.373 e. The zero-order valence-corrected chi connectivity index (χ0v) is 12.6. The Balaban J connectivity index is 2.28. The molecule has 20 heavy (non-hydrogen) atoms. The number of nitrogens with zero attached hydrogens (tertiary/aromatic N) is 1. The van der Waals surface area contributed by atoms with Gasteiger partial charge in [-0.15, -0.1) is 0 Å². The maximum absolute atomic E-state index is 12.2. The molecule has 1 amide bonds. The molecule has 0 aliphatic carbocycles. The lowest BCUT2D eigenvalue weighted by Crippen LogP contribution is -2.13. The van der Waals surface area contributed by atoms with Crippen LogP contribution in [0.1, 0.15) is 10.4 Å². The average Bonchev–Trinajstić information content (AvgIpc) is 2.42. The van der Waals surface area contributed by atoms with E-state index in [0.29, 0.717) is 27.1 Å². The van der Waals surface area contributed by atoms with E-state index >= 15 is 0 Å². The van der Waals surface area contributed by atoms with E-state index < -0.39 is 0 Å². The number of nitrogens with one attached hydrogen (secondary N) is 2. The fourth-order valence-electron chi connectivity index (χ4n) is 1.53. The van der Waals surface area contributed by atoms with Gasteiger partial charge < -0.3 is 10.6 Å². The van der Waals surface area contributed by atoms with Crippen molar-refractivity contribution in [2.45, 2.75) is 0 Å². The van der Waals surface area contributed by atoms with Gasteiger partial charge in [-0.3, -0.25) is 4.79 Å². The Hall–Kier alpha value is -1.49. The van der Waals surface area contributed by atoms with Crippen molar-refractivity contribution in [2.75, 3.05) is 17.7 Å². The van der Waals surface area contributed by atoms with Gasteiger partial charge in [0.1, 0.15) is 5.82 Å². The first kappa shape index (κ1) is 14.9. The molecule has 0 aliphatic rings. The highest BCUT2D eigenvalue weighted by molar-refractivity contribution is 6.37. The predicted octanol–water partition coefficient (Wildman–Crippen LogP) is 4.34. The molecule has 2 N–H and O–H groups in total. The number of amides is 1. The summed E-state index contributed by atoms with van der Waals surface area (Å²) < 4.78 is 0. The molecule has 2 aromatic rings. The minimum atomic E-state index is -0.377. The lowest BCUT2D eigenvalue weighted by Gasteiger charge is -2.09. The molecular weight excluding hydrogens is 321 g/mol. The molecule has 0 spiro atoms. The predicted molar refractivity (Wildman–Crippen MR) is 83.2 cm³/mol. The van der Waals surface area contributed by atoms with Crippen molar-refractivity contribution in [3.63, 3.8) is 0 Å². The summed E-state index contributed by atoms with van der Waals surface area (Å²) in [4.78, 5) is 16.2. The Kier molecular flexibility index (Phi) is 4.70. The topological polar surface area (TPSA) is 54.0 Å². The molecule has 1 aromatic heterocycles. The van der Waals surface area contributed by atoms with Gasteiger partial charge in [-0.2, -0.15) is 0 Å². The molecule has 4 nitrogen and oxygen atoms in total. The Morgan fingerprint density at radius 3 is 2.55 bits per heavy atom. The molecule has 104 valence electrons. The summed E-state index contributed by atoms with van der Waals surface area (Å²) >= 11 is 17.8. The van der Waals surface area contributed by atoms with Crippen LogP contribution in [0.5, 0.6) is 0 Å². The van der Waals surface area contributed by atoms with Gasteiger partial charge in [0.2, 0.25) is 0 Å². The van der Waals surface area contributed by atoms with Gasteiger partial charge in [0, 0.05) is 18.3 Å². The van der Waals surface area contributed by atoms with Crippen LogP contribution in [0, 0.1) is 0 Å². The highest BCUT2D eigenvalue weighted by Crippen LogP contribution is 2.27. The van der Waals surface area contributed by atoms with Crippen molar-refractivity contribution in [2.24, 2.45) is 0 Å². The second-order valence-corrected chi connectivity index (χ2v) is 5.13. The normalized spacial score (nSPS) is 10.2. The van der Waals surface area contributed by atoms with Crippen LogP contribution in [0.25, 0.3) is 0 Å². The number of halogens is 3. The molecule has 2 rings (SSSR count). The number of anilines is 2. The highest BCUT2D eigenvalue weighted by atomic mass is 35.5. The van der Waals surface area contributed by atoms with Gasteiger partial charge in [-0.1, -0.05) is 34.8 Å². The third kappa shape index (κ3) is 3.33. The SMILES string of the molecule is CNc1cc(C(=O)Nc2ccc(Cl)cc2Cl)c(Cl)cn1. The number of hydrogen-bond acceptors (Lipinski definition) is 3. The molecule has 1 aromatic carbocycles. The second kappa shape index (κ2) is 6.31. The van der Waals surface area contributed by atoms with E-state index in [2.05, 4.69) is 15.6 Å². The molecule has 1 heterocycles. The maximum Gasteiger partial charge on any atom is 0.257 e. The summed E-state index contributed by atoms with van der Waals surface area (Å²) in [6, 6.07) is 6.36. The average molecular weight is 331 g/mol. The number of rotatable bonds is 3. The van der Waals surface area contributed by atoms with Crippen molar-refractivity contribution in [3.05, 3.63) is 51.1 Å². The van der Waals surface area contributed by atoms with Crippen LogP contribution >= 0.6 is 34.8 Å². The maximum atomic E-state index is 12.2. The third-order valence-electron chi connectivity index (χ3n) is 2.54. The number of pyridine rings is 1. The molecule has 7 heteroatoms. The number of carbonyl (C=O) groups excluding carboxylic acids is 1. The standard InChI is InChI=1S/C13H10Cl3N3O/c1-17-12-5-8(10(16)6-18-12)13(20)19-11-3-2-7(14)4-9(11)15/h2-6H,1H3,(H,17,18)(H,19,20). The van der Waals surface area contributed by atoms with Crippen LogP contribution in [-0.4, -0.2) is 17.9 Å². The first-order valence-corrected chi connectivity index (χ1v) is 6.74. The van der Waals surface area contributed by atoms with Crippen LogP contribution < -0.4 is 10.6 Å². The third-order valence-corrected chi connectivity index (χ3v) is 3.38. The van der Waals surface area contributed by atoms with E-state index in [9.17, 15) is 4.79 Å². The van der Waals surface area contributed by atoms with Crippen LogP contribution in [0.4, 0.5) is 11.5 Å². The summed E-state index contributed by atoms with van der Waals surface area (Å²) in [5.41, 5.74) is 0.761. The minimum absolute atomic E-state index is 0.256. The first-order chi connectivity index (χ1) is 9.51. The second-order valence-electron chi connectivity index (χ2n) is 3.88. The smallest absolute Gasteiger partial charge is 0.257 e. The first-order valence-electron chi connectivity index (χ1n) is 5.61. The quantitative estimate of drug-likeness (QED) is 0.880. The van der Waals surface area contributed by atoms with Gasteiger partial charge in [0.15, 0.2) is 0 Å². The zero-order valence-electron chi connectivity index (χ0n) is 10.4. The Morgan fingerprint density at radius 1 is 1.15 bits per heavy atom. The summed E-state index contributed by atoms with van der Waals surface area (Å²) in [5.74, 6) is 0.167. The monoisotopic (exact) mass is 329 g/mol. The number of aromatic nitrogens is 1. The lowest BCUT2D eigenvalue weighted by atomic mass is 10.2. The lowest BCUT2D eigenvalue weighted by molar-refractivity contribution is 0.102. The fourth-order valence-corrected chi connectivity index (χ4v) is 2.17. The molecule has 0 radical (unpaired) electrons. The summed E-state index contributed by atoms with van der Waals surface area (Å²) in [7, 11) is 1.70. The van der Waals surface area contributed by atoms with Gasteiger partial charge in [-0.25, -0.2) is 4.98 Å². The van der Waals surface area contributed by atoms with Crippen molar-refractivity contribution in [1.29, 1.82) is 0 Å². The van der Waals surface area contributed by atoms with Crippen LogP contribution in [-0.2, 0) is 0 Å². The molecule has 0 saturated heterocycles. The van der Waals surface area contributed by atoms with E-state index in [1.54, 1.807) is 31.3 Å². The van der Waals surface area contributed by atoms with Gasteiger partial charge in [0.25, 0.3) is 5.91 Å². The summed E-state index contributed by atoms with van der Waals surface area (Å²) in [5, 5.41) is 6.62. The van der Waals surface area contributed by atoms with Gasteiger partial charge in [0.05, 0.1) is 21.3 Å². The molecule has 0 aliphatic heterocycles. The van der Waals surface area contributed by atoms with Crippen molar-refractivity contribution < 1.29 is 4.79 Å². The van der Waals surface area contributed by atoms with Crippen molar-refractivity contribution in [1.82, 2.24) is 4.98 Å². The Labute approximate surface area is 131 Å². The van der Waals surface area contributed by atoms with Crippen molar-refractivity contribution in [3.8, 4) is 0 Å². The van der Waals surface area contributed by atoms with E-state index in [4.69, 9.17) is 34.8 Å². The fraction of sp³-hybridized carbons (Fsp3) is 0.0769. The molecule has 0 unspecified atom stereocenters. The summed E-state index contributed by atoms with van der Waals surface area (Å²) in [6.07, 6.45) is 1.41. The van der Waals surface area contributed by atoms with E-state index in [1.165, 1.54) is 6.20 Å². The molecule has 0 bridgehead atoms. The number of hydrogen-bond donors (Lipinski definition) is 2. The number of benzene rings is 1. The minimum Gasteiger partial charge on any atom is -0.373 e. The molecular formula is C13H10Cl3N3O. The van der Waals surface area contributed by atoms with Crippen LogP contribution in [0.15, 0.2) is 30.5 Å². The van der Waals surface area contributed by atoms with Crippen LogP contribution in [0.3, 0.4) is 0 Å². The zero-order chi connectivity index (χ0) is 14.7. The molecule has 0 fully saturated rings. The van der Waals surface area contributed by atoms with Crippen LogP contribution in [0.2, 0.25) is 15.1 Å². The number of carbonyl (C=O) groups is 1. The van der Waals surface area contributed by atoms with E-state index in [-0.39, 0.29) is 10.9 Å². The molecule has 0 saturated carbocycles. The van der Waals surface area contributed by atoms with Gasteiger partial charge in [-0.05, 0) is 24.3 Å². The van der Waals surface area contributed by atoms with Gasteiger partial charge >= 0.3 is 0 Å². The van der Waals surface area contributed by atoms with E-state index in [1.807, 2.05) is 0 Å². The highest BCUT2D eigenvalue weighted by Gasteiger charge is 2.13. The Bertz CT molecular complexity index is 661. The van der Waals surface area contributed by atoms with Crippen molar-refractivity contribution >= 4 is 52.2 Å². The molecule has 0 atom stereocenters. The Morgan fingerprint density at radius 2 is 1.90 bits per heavy atom. The summed E-state index contributed by atoms with van der Waals surface area (Å²) in [6.45, 7) is 0. The van der Waals surface area contributed by atoms with E-state index in [0.717, 1.165) is 0 Å².